The highest BCUT2D eigenvalue weighted by Crippen LogP contribution is 2.11. The number of benzene rings is 1. The highest BCUT2D eigenvalue weighted by Gasteiger charge is 2.06. The summed E-state index contributed by atoms with van der Waals surface area (Å²) in [7, 11) is 0. The number of aromatic nitrogens is 1. The molecule has 0 aliphatic heterocycles. The van der Waals surface area contributed by atoms with Gasteiger partial charge in [-0.05, 0) is 53.6 Å². The van der Waals surface area contributed by atoms with E-state index < -0.39 is 0 Å². The van der Waals surface area contributed by atoms with Gasteiger partial charge in [-0.1, -0.05) is 18.2 Å². The molecule has 122 valence electrons. The Morgan fingerprint density at radius 3 is 2.33 bits per heavy atom. The predicted octanol–water partition coefficient (Wildman–Crippen LogP) is 4.53. The standard InChI is InChI=1S/C20H19FN2O/c21-19-7-5-17(6-8-19)15-23(16-18-9-11-22-12-10-18)13-1-3-20-4-2-14-24-20/h1-12,14H,13,15-16H2/b3-1+. The first-order valence-electron chi connectivity index (χ1n) is 7.85. The van der Waals surface area contributed by atoms with E-state index in [0.29, 0.717) is 0 Å². The quantitative estimate of drug-likeness (QED) is 0.640. The molecule has 0 amide bonds. The molecule has 0 unspecified atom stereocenters. The molecule has 0 saturated carbocycles. The molecule has 3 nitrogen and oxygen atoms in total. The zero-order chi connectivity index (χ0) is 16.6. The Labute approximate surface area is 141 Å². The van der Waals surface area contributed by atoms with Crippen LogP contribution in [0.1, 0.15) is 16.9 Å². The van der Waals surface area contributed by atoms with Crippen LogP contribution in [-0.2, 0) is 13.1 Å². The topological polar surface area (TPSA) is 29.3 Å². The Balaban J connectivity index is 1.68. The average molecular weight is 322 g/mol. The molecule has 0 fully saturated rings. The molecule has 2 aromatic heterocycles. The molecular weight excluding hydrogens is 303 g/mol. The van der Waals surface area contributed by atoms with Crippen LogP contribution in [0.4, 0.5) is 4.39 Å². The van der Waals surface area contributed by atoms with Crippen LogP contribution in [0.15, 0.2) is 77.7 Å². The molecule has 0 N–H and O–H groups in total. The lowest BCUT2D eigenvalue weighted by Crippen LogP contribution is -2.23. The van der Waals surface area contributed by atoms with Gasteiger partial charge in [0, 0.05) is 32.0 Å². The molecule has 3 aromatic rings. The third kappa shape index (κ3) is 4.89. The Morgan fingerprint density at radius 1 is 0.958 bits per heavy atom. The number of hydrogen-bond donors (Lipinski definition) is 0. The fourth-order valence-corrected chi connectivity index (χ4v) is 2.48. The lowest BCUT2D eigenvalue weighted by molar-refractivity contribution is 0.286. The second-order valence-electron chi connectivity index (χ2n) is 5.57. The Hall–Kier alpha value is -2.72. The average Bonchev–Trinajstić information content (AvgIpc) is 3.11. The second-order valence-corrected chi connectivity index (χ2v) is 5.57. The smallest absolute Gasteiger partial charge is 0.126 e. The first kappa shape index (κ1) is 16.1. The van der Waals surface area contributed by atoms with Gasteiger partial charge in [-0.2, -0.15) is 0 Å². The van der Waals surface area contributed by atoms with Crippen molar-refractivity contribution in [1.82, 2.24) is 9.88 Å². The van der Waals surface area contributed by atoms with Crippen molar-refractivity contribution in [3.8, 4) is 0 Å². The van der Waals surface area contributed by atoms with Crippen LogP contribution in [-0.4, -0.2) is 16.4 Å². The summed E-state index contributed by atoms with van der Waals surface area (Å²) >= 11 is 0. The van der Waals surface area contributed by atoms with Gasteiger partial charge < -0.3 is 4.42 Å². The number of pyridine rings is 1. The number of nitrogens with zero attached hydrogens (tertiary/aromatic N) is 2. The van der Waals surface area contributed by atoms with Gasteiger partial charge in [0.15, 0.2) is 0 Å². The first-order chi connectivity index (χ1) is 11.8. The number of rotatable bonds is 7. The van der Waals surface area contributed by atoms with Crippen LogP contribution in [0.3, 0.4) is 0 Å². The summed E-state index contributed by atoms with van der Waals surface area (Å²) in [4.78, 5) is 6.34. The van der Waals surface area contributed by atoms with Crippen LogP contribution in [0, 0.1) is 5.82 Å². The molecule has 2 heterocycles. The molecule has 0 spiro atoms. The molecule has 0 atom stereocenters. The molecule has 4 heteroatoms. The summed E-state index contributed by atoms with van der Waals surface area (Å²) in [5.41, 5.74) is 2.27. The van der Waals surface area contributed by atoms with Gasteiger partial charge in [-0.3, -0.25) is 9.88 Å². The summed E-state index contributed by atoms with van der Waals surface area (Å²) in [6, 6.07) is 14.5. The maximum Gasteiger partial charge on any atom is 0.126 e. The lowest BCUT2D eigenvalue weighted by Gasteiger charge is -2.21. The summed E-state index contributed by atoms with van der Waals surface area (Å²) < 4.78 is 18.4. The minimum Gasteiger partial charge on any atom is -0.465 e. The van der Waals surface area contributed by atoms with Gasteiger partial charge in [0.05, 0.1) is 6.26 Å². The van der Waals surface area contributed by atoms with Crippen molar-refractivity contribution in [3.63, 3.8) is 0 Å². The van der Waals surface area contributed by atoms with Crippen molar-refractivity contribution in [2.75, 3.05) is 6.54 Å². The van der Waals surface area contributed by atoms with E-state index in [4.69, 9.17) is 4.42 Å². The molecule has 0 radical (unpaired) electrons. The van der Waals surface area contributed by atoms with Crippen LogP contribution >= 0.6 is 0 Å². The van der Waals surface area contributed by atoms with Crippen molar-refractivity contribution in [2.45, 2.75) is 13.1 Å². The van der Waals surface area contributed by atoms with Gasteiger partial charge >= 0.3 is 0 Å². The zero-order valence-corrected chi connectivity index (χ0v) is 13.3. The van der Waals surface area contributed by atoms with Crippen molar-refractivity contribution in [3.05, 3.63) is 96.0 Å². The van der Waals surface area contributed by atoms with E-state index in [1.165, 1.54) is 17.7 Å². The van der Waals surface area contributed by atoms with Crippen LogP contribution in [0.25, 0.3) is 6.08 Å². The summed E-state index contributed by atoms with van der Waals surface area (Å²) in [5.74, 6) is 0.623. The van der Waals surface area contributed by atoms with Crippen LogP contribution in [0.5, 0.6) is 0 Å². The molecule has 3 rings (SSSR count). The minimum atomic E-state index is -0.211. The van der Waals surface area contributed by atoms with E-state index in [0.717, 1.165) is 31.0 Å². The van der Waals surface area contributed by atoms with Crippen molar-refractivity contribution < 1.29 is 8.81 Å². The lowest BCUT2D eigenvalue weighted by atomic mass is 10.2. The third-order valence-corrected chi connectivity index (χ3v) is 3.66. The largest absolute Gasteiger partial charge is 0.465 e. The maximum absolute atomic E-state index is 13.1. The normalized spacial score (nSPS) is 11.4. The summed E-state index contributed by atoms with van der Waals surface area (Å²) in [6.07, 6.45) is 9.29. The monoisotopic (exact) mass is 322 g/mol. The number of hydrogen-bond acceptors (Lipinski definition) is 3. The number of halogens is 1. The zero-order valence-electron chi connectivity index (χ0n) is 13.3. The molecule has 0 saturated heterocycles. The maximum atomic E-state index is 13.1. The van der Waals surface area contributed by atoms with Gasteiger partial charge in [0.2, 0.25) is 0 Å². The summed E-state index contributed by atoms with van der Waals surface area (Å²) in [6.45, 7) is 2.30. The van der Waals surface area contributed by atoms with E-state index in [-0.39, 0.29) is 5.82 Å². The second kappa shape index (κ2) is 8.22. The van der Waals surface area contributed by atoms with Gasteiger partial charge in [0.25, 0.3) is 0 Å². The van der Waals surface area contributed by atoms with Gasteiger partial charge in [-0.25, -0.2) is 4.39 Å². The molecule has 0 aliphatic carbocycles. The predicted molar refractivity (Wildman–Crippen MR) is 92.5 cm³/mol. The molecule has 24 heavy (non-hydrogen) atoms. The highest BCUT2D eigenvalue weighted by molar-refractivity contribution is 5.42. The fourth-order valence-electron chi connectivity index (χ4n) is 2.48. The van der Waals surface area contributed by atoms with E-state index >= 15 is 0 Å². The van der Waals surface area contributed by atoms with Gasteiger partial charge in [0.1, 0.15) is 11.6 Å². The third-order valence-electron chi connectivity index (χ3n) is 3.66. The van der Waals surface area contributed by atoms with E-state index in [1.54, 1.807) is 18.7 Å². The number of furan rings is 1. The van der Waals surface area contributed by atoms with Crippen LogP contribution in [0.2, 0.25) is 0 Å². The van der Waals surface area contributed by atoms with Crippen molar-refractivity contribution in [1.29, 1.82) is 0 Å². The Morgan fingerprint density at radius 2 is 1.67 bits per heavy atom. The van der Waals surface area contributed by atoms with E-state index in [9.17, 15) is 4.39 Å². The highest BCUT2D eigenvalue weighted by atomic mass is 19.1. The first-order valence-corrected chi connectivity index (χ1v) is 7.85. The Kier molecular flexibility index (Phi) is 5.53. The van der Waals surface area contributed by atoms with Crippen molar-refractivity contribution >= 4 is 6.08 Å². The summed E-state index contributed by atoms with van der Waals surface area (Å²) in [5, 5.41) is 0. The van der Waals surface area contributed by atoms with E-state index in [1.807, 2.05) is 42.5 Å². The van der Waals surface area contributed by atoms with Crippen molar-refractivity contribution in [2.24, 2.45) is 0 Å². The molecule has 0 aliphatic rings. The Bertz CT molecular complexity index is 752. The molecule has 0 bridgehead atoms. The molecule has 1 aromatic carbocycles. The minimum absolute atomic E-state index is 0.211. The fraction of sp³-hybridized carbons (Fsp3) is 0.150. The SMILES string of the molecule is Fc1ccc(CN(C/C=C/c2ccco2)Cc2ccncc2)cc1. The van der Waals surface area contributed by atoms with Crippen LogP contribution < -0.4 is 0 Å². The van der Waals surface area contributed by atoms with Gasteiger partial charge in [-0.15, -0.1) is 0 Å². The van der Waals surface area contributed by atoms with E-state index in [2.05, 4.69) is 16.0 Å². The molecular formula is C20H19FN2O.